The summed E-state index contributed by atoms with van der Waals surface area (Å²) in [6, 6.07) is 13.6. The molecule has 0 saturated heterocycles. The van der Waals surface area contributed by atoms with Crippen LogP contribution in [0, 0.1) is 6.92 Å². The van der Waals surface area contributed by atoms with Gasteiger partial charge < -0.3 is 15.9 Å². The number of halogens is 1. The number of nitrogens with one attached hydrogen (secondary N) is 1. The molecule has 0 radical (unpaired) electrons. The van der Waals surface area contributed by atoms with Crippen LogP contribution in [-0.4, -0.2) is 20.3 Å². The molecule has 8 heteroatoms. The zero-order chi connectivity index (χ0) is 16.9. The second-order valence-corrected chi connectivity index (χ2v) is 5.69. The first kappa shape index (κ1) is 16.1. The van der Waals surface area contributed by atoms with E-state index in [0.717, 1.165) is 16.9 Å². The number of hydrogen-bond acceptors (Lipinski definition) is 6. The van der Waals surface area contributed by atoms with Crippen molar-refractivity contribution in [3.05, 3.63) is 64.2 Å². The van der Waals surface area contributed by atoms with Gasteiger partial charge in [-0.1, -0.05) is 41.0 Å². The average Bonchev–Trinajstić information content (AvgIpc) is 2.98. The normalized spacial score (nSPS) is 10.6. The van der Waals surface area contributed by atoms with Crippen molar-refractivity contribution in [2.75, 3.05) is 11.2 Å². The van der Waals surface area contributed by atoms with Gasteiger partial charge in [0.25, 0.3) is 5.95 Å². The highest BCUT2D eigenvalue weighted by Crippen LogP contribution is 2.24. The molecule has 3 rings (SSSR count). The van der Waals surface area contributed by atoms with Gasteiger partial charge >= 0.3 is 0 Å². The fraction of sp³-hybridized carbons (Fsp3) is 0.188. The van der Waals surface area contributed by atoms with Crippen LogP contribution in [0.25, 0.3) is 0 Å². The SMILES string of the molecule is Cc1ccccc1COc1ccc(Cl)cc1CNn1nnnc1N. The summed E-state index contributed by atoms with van der Waals surface area (Å²) in [6.07, 6.45) is 0. The number of anilines is 1. The Morgan fingerprint density at radius 2 is 2.04 bits per heavy atom. The van der Waals surface area contributed by atoms with E-state index in [1.54, 1.807) is 6.07 Å². The third-order valence-corrected chi connectivity index (χ3v) is 3.81. The molecule has 0 atom stereocenters. The molecule has 0 unspecified atom stereocenters. The number of rotatable bonds is 6. The molecule has 0 fully saturated rings. The van der Waals surface area contributed by atoms with Crippen LogP contribution in [-0.2, 0) is 13.2 Å². The number of aromatic nitrogens is 4. The van der Waals surface area contributed by atoms with Gasteiger partial charge in [-0.25, -0.2) is 0 Å². The Balaban J connectivity index is 1.73. The predicted molar refractivity (Wildman–Crippen MR) is 92.3 cm³/mol. The standard InChI is InChI=1S/C16H17ClN6O/c1-11-4-2-3-5-12(11)10-24-15-7-6-14(17)8-13(15)9-19-23-16(18)20-21-22-23/h2-8,19H,9-10H2,1H3,(H2,18,20,22). The summed E-state index contributed by atoms with van der Waals surface area (Å²) in [5, 5.41) is 11.5. The maximum absolute atomic E-state index is 6.10. The molecule has 0 saturated carbocycles. The minimum atomic E-state index is 0.180. The number of aryl methyl sites for hydroxylation is 1. The third-order valence-electron chi connectivity index (χ3n) is 3.58. The molecule has 0 aliphatic rings. The van der Waals surface area contributed by atoms with Crippen LogP contribution in [0.2, 0.25) is 5.02 Å². The summed E-state index contributed by atoms with van der Waals surface area (Å²) in [5.74, 6) is 0.918. The number of benzene rings is 2. The first-order chi connectivity index (χ1) is 11.6. The zero-order valence-corrected chi connectivity index (χ0v) is 13.9. The topological polar surface area (TPSA) is 90.9 Å². The maximum Gasteiger partial charge on any atom is 0.260 e. The summed E-state index contributed by atoms with van der Waals surface area (Å²) in [4.78, 5) is 1.30. The van der Waals surface area contributed by atoms with Crippen molar-refractivity contribution in [2.24, 2.45) is 0 Å². The van der Waals surface area contributed by atoms with Crippen LogP contribution in [0.1, 0.15) is 16.7 Å². The Bertz CT molecular complexity index is 835. The summed E-state index contributed by atoms with van der Waals surface area (Å²) in [7, 11) is 0. The minimum Gasteiger partial charge on any atom is -0.489 e. The summed E-state index contributed by atoms with van der Waals surface area (Å²) in [5.41, 5.74) is 11.8. The largest absolute Gasteiger partial charge is 0.489 e. The lowest BCUT2D eigenvalue weighted by atomic mass is 10.1. The Hall–Kier alpha value is -2.80. The lowest BCUT2D eigenvalue weighted by Crippen LogP contribution is -2.18. The smallest absolute Gasteiger partial charge is 0.260 e. The number of nitrogen functional groups attached to an aromatic ring is 1. The molecule has 24 heavy (non-hydrogen) atoms. The van der Waals surface area contributed by atoms with E-state index in [2.05, 4.69) is 33.9 Å². The molecular weight excluding hydrogens is 328 g/mol. The number of nitrogens with two attached hydrogens (primary N) is 1. The van der Waals surface area contributed by atoms with E-state index < -0.39 is 0 Å². The Morgan fingerprint density at radius 3 is 2.79 bits per heavy atom. The first-order valence-corrected chi connectivity index (χ1v) is 7.75. The molecule has 0 aliphatic carbocycles. The summed E-state index contributed by atoms with van der Waals surface area (Å²) in [6.45, 7) is 2.96. The lowest BCUT2D eigenvalue weighted by molar-refractivity contribution is 0.302. The van der Waals surface area contributed by atoms with Gasteiger partial charge in [-0.3, -0.25) is 0 Å². The Labute approximate surface area is 144 Å². The highest BCUT2D eigenvalue weighted by Gasteiger charge is 2.08. The van der Waals surface area contributed by atoms with E-state index in [1.807, 2.05) is 30.3 Å². The van der Waals surface area contributed by atoms with Gasteiger partial charge in [0.2, 0.25) is 0 Å². The lowest BCUT2D eigenvalue weighted by Gasteiger charge is -2.14. The van der Waals surface area contributed by atoms with Crippen LogP contribution >= 0.6 is 11.6 Å². The zero-order valence-electron chi connectivity index (χ0n) is 13.1. The number of nitrogens with zero attached hydrogens (tertiary/aromatic N) is 4. The highest BCUT2D eigenvalue weighted by molar-refractivity contribution is 6.30. The summed E-state index contributed by atoms with van der Waals surface area (Å²) >= 11 is 6.10. The van der Waals surface area contributed by atoms with E-state index >= 15 is 0 Å². The molecule has 0 aliphatic heterocycles. The highest BCUT2D eigenvalue weighted by atomic mass is 35.5. The monoisotopic (exact) mass is 344 g/mol. The van der Waals surface area contributed by atoms with Crippen LogP contribution in [0.4, 0.5) is 5.95 Å². The Morgan fingerprint density at radius 1 is 1.21 bits per heavy atom. The van der Waals surface area contributed by atoms with E-state index in [9.17, 15) is 0 Å². The van der Waals surface area contributed by atoms with Gasteiger partial charge in [-0.15, -0.1) is 4.79 Å². The predicted octanol–water partition coefficient (Wildman–Crippen LogP) is 2.54. The number of ether oxygens (including phenoxy) is 1. The number of hydrogen-bond donors (Lipinski definition) is 2. The third kappa shape index (κ3) is 3.75. The first-order valence-electron chi connectivity index (χ1n) is 7.37. The van der Waals surface area contributed by atoms with Crippen molar-refractivity contribution < 1.29 is 4.74 Å². The van der Waals surface area contributed by atoms with E-state index in [0.29, 0.717) is 18.2 Å². The maximum atomic E-state index is 6.10. The molecular formula is C16H17ClN6O. The van der Waals surface area contributed by atoms with Crippen molar-refractivity contribution in [3.63, 3.8) is 0 Å². The molecule has 3 N–H and O–H groups in total. The minimum absolute atomic E-state index is 0.180. The van der Waals surface area contributed by atoms with Crippen LogP contribution in [0.5, 0.6) is 5.75 Å². The van der Waals surface area contributed by atoms with Crippen molar-refractivity contribution in [1.29, 1.82) is 0 Å². The molecule has 0 amide bonds. The van der Waals surface area contributed by atoms with Gasteiger partial charge in [0.1, 0.15) is 12.4 Å². The number of tetrazole rings is 1. The molecule has 0 bridgehead atoms. The van der Waals surface area contributed by atoms with E-state index in [1.165, 1.54) is 10.4 Å². The average molecular weight is 345 g/mol. The molecule has 1 heterocycles. The molecule has 3 aromatic rings. The van der Waals surface area contributed by atoms with Crippen LogP contribution < -0.4 is 15.9 Å². The molecule has 7 nitrogen and oxygen atoms in total. The van der Waals surface area contributed by atoms with Crippen LogP contribution in [0.3, 0.4) is 0 Å². The van der Waals surface area contributed by atoms with Crippen molar-refractivity contribution in [3.8, 4) is 5.75 Å². The van der Waals surface area contributed by atoms with Crippen molar-refractivity contribution in [2.45, 2.75) is 20.1 Å². The van der Waals surface area contributed by atoms with Gasteiger partial charge in [-0.05, 0) is 46.7 Å². The molecule has 124 valence electrons. The van der Waals surface area contributed by atoms with Gasteiger partial charge in [-0.2, -0.15) is 0 Å². The van der Waals surface area contributed by atoms with Gasteiger partial charge in [0.15, 0.2) is 0 Å². The quantitative estimate of drug-likeness (QED) is 0.714. The molecule has 0 spiro atoms. The van der Waals surface area contributed by atoms with Gasteiger partial charge in [0, 0.05) is 10.6 Å². The Kier molecular flexibility index (Phi) is 4.81. The second kappa shape index (κ2) is 7.18. The van der Waals surface area contributed by atoms with Crippen molar-refractivity contribution >= 4 is 17.5 Å². The fourth-order valence-corrected chi connectivity index (χ4v) is 2.42. The fourth-order valence-electron chi connectivity index (χ4n) is 2.22. The molecule has 1 aromatic heterocycles. The molecule has 2 aromatic carbocycles. The summed E-state index contributed by atoms with van der Waals surface area (Å²) < 4.78 is 5.97. The van der Waals surface area contributed by atoms with Crippen LogP contribution in [0.15, 0.2) is 42.5 Å². The van der Waals surface area contributed by atoms with Gasteiger partial charge in [0.05, 0.1) is 6.54 Å². The second-order valence-electron chi connectivity index (χ2n) is 5.25. The van der Waals surface area contributed by atoms with Crippen molar-refractivity contribution in [1.82, 2.24) is 20.3 Å². The van der Waals surface area contributed by atoms with E-state index in [4.69, 9.17) is 22.1 Å². The van der Waals surface area contributed by atoms with E-state index in [-0.39, 0.29) is 5.95 Å².